The number of alkyl halides is 1. The van der Waals surface area contributed by atoms with E-state index >= 15 is 0 Å². The highest BCUT2D eigenvalue weighted by Crippen LogP contribution is 2.16. The zero-order chi connectivity index (χ0) is 16.4. The van der Waals surface area contributed by atoms with Crippen molar-refractivity contribution in [3.63, 3.8) is 0 Å². The average molecular weight is 330 g/mol. The van der Waals surface area contributed by atoms with Gasteiger partial charge in [-0.2, -0.15) is 8.42 Å². The first kappa shape index (κ1) is 19.1. The van der Waals surface area contributed by atoms with Crippen molar-refractivity contribution < 1.29 is 17.0 Å². The molecular weight excluding hydrogens is 303 g/mol. The molecule has 0 aromatic heterocycles. The van der Waals surface area contributed by atoms with Gasteiger partial charge in [0.1, 0.15) is 6.17 Å². The maximum absolute atomic E-state index is 13.5. The quantitative estimate of drug-likeness (QED) is 0.433. The van der Waals surface area contributed by atoms with Crippen LogP contribution in [0.25, 0.3) is 0 Å². The molecule has 5 heteroatoms. The fourth-order valence-corrected chi connectivity index (χ4v) is 3.11. The van der Waals surface area contributed by atoms with Crippen LogP contribution in [0.15, 0.2) is 29.2 Å². The lowest BCUT2D eigenvalue weighted by Crippen LogP contribution is -2.08. The number of rotatable bonds is 11. The van der Waals surface area contributed by atoms with Gasteiger partial charge in [-0.15, -0.1) is 0 Å². The third-order valence-electron chi connectivity index (χ3n) is 3.58. The van der Waals surface area contributed by atoms with Gasteiger partial charge in [-0.25, -0.2) is 4.39 Å². The number of hydrogen-bond acceptors (Lipinski definition) is 3. The first-order valence-corrected chi connectivity index (χ1v) is 9.46. The second-order valence-corrected chi connectivity index (χ2v) is 7.29. The predicted molar refractivity (Wildman–Crippen MR) is 87.2 cm³/mol. The van der Waals surface area contributed by atoms with Crippen molar-refractivity contribution in [3.8, 4) is 0 Å². The van der Waals surface area contributed by atoms with Crippen LogP contribution in [0.1, 0.15) is 57.4 Å². The van der Waals surface area contributed by atoms with Crippen LogP contribution in [0, 0.1) is 6.92 Å². The molecular formula is C17H27FO3S. The summed E-state index contributed by atoms with van der Waals surface area (Å²) in [5.41, 5.74) is 0.996. The van der Waals surface area contributed by atoms with Crippen molar-refractivity contribution in [1.29, 1.82) is 0 Å². The van der Waals surface area contributed by atoms with Gasteiger partial charge in [0.25, 0.3) is 10.1 Å². The molecule has 0 amide bonds. The highest BCUT2D eigenvalue weighted by atomic mass is 32.2. The molecule has 0 saturated heterocycles. The van der Waals surface area contributed by atoms with Crippen molar-refractivity contribution >= 4 is 10.1 Å². The molecule has 0 radical (unpaired) electrons. The van der Waals surface area contributed by atoms with Crippen LogP contribution >= 0.6 is 0 Å². The topological polar surface area (TPSA) is 43.4 Å². The predicted octanol–water partition coefficient (Wildman–Crippen LogP) is 4.79. The second kappa shape index (κ2) is 9.95. The van der Waals surface area contributed by atoms with Gasteiger partial charge >= 0.3 is 0 Å². The van der Waals surface area contributed by atoms with Gasteiger partial charge in [0.2, 0.25) is 0 Å². The number of aryl methyl sites for hydroxylation is 1. The van der Waals surface area contributed by atoms with Gasteiger partial charge in [0.05, 0.1) is 11.5 Å². The normalized spacial score (nSPS) is 13.2. The number of benzene rings is 1. The molecule has 0 spiro atoms. The maximum Gasteiger partial charge on any atom is 0.296 e. The fourth-order valence-electron chi connectivity index (χ4n) is 2.17. The molecule has 0 aliphatic heterocycles. The lowest BCUT2D eigenvalue weighted by Gasteiger charge is -2.08. The molecule has 22 heavy (non-hydrogen) atoms. The van der Waals surface area contributed by atoms with E-state index < -0.39 is 16.3 Å². The minimum absolute atomic E-state index is 0.109. The zero-order valence-electron chi connectivity index (χ0n) is 13.6. The zero-order valence-corrected chi connectivity index (χ0v) is 14.4. The molecule has 1 aromatic carbocycles. The molecule has 0 aliphatic carbocycles. The summed E-state index contributed by atoms with van der Waals surface area (Å²) in [6.07, 6.45) is 4.61. The molecule has 1 unspecified atom stereocenters. The summed E-state index contributed by atoms with van der Waals surface area (Å²) in [6.45, 7) is 4.10. The first-order chi connectivity index (χ1) is 10.5. The van der Waals surface area contributed by atoms with E-state index in [-0.39, 0.29) is 11.5 Å². The van der Waals surface area contributed by atoms with E-state index in [1.807, 2.05) is 6.92 Å². The van der Waals surface area contributed by atoms with Gasteiger partial charge in [-0.1, -0.05) is 43.9 Å². The van der Waals surface area contributed by atoms with Gasteiger partial charge in [0, 0.05) is 0 Å². The average Bonchev–Trinajstić information content (AvgIpc) is 2.47. The molecule has 0 aliphatic rings. The van der Waals surface area contributed by atoms with Crippen molar-refractivity contribution in [2.24, 2.45) is 0 Å². The van der Waals surface area contributed by atoms with Crippen molar-refractivity contribution in [2.45, 2.75) is 69.9 Å². The smallest absolute Gasteiger partial charge is 0.266 e. The SMILES string of the molecule is CCCCCC(F)CCCCOS(=O)(=O)c1ccc(C)cc1. The van der Waals surface area contributed by atoms with Gasteiger partial charge in [0.15, 0.2) is 0 Å². The minimum atomic E-state index is -3.69. The largest absolute Gasteiger partial charge is 0.296 e. The van der Waals surface area contributed by atoms with E-state index in [9.17, 15) is 12.8 Å². The van der Waals surface area contributed by atoms with E-state index in [2.05, 4.69) is 6.92 Å². The molecule has 0 fully saturated rings. The highest BCUT2D eigenvalue weighted by Gasteiger charge is 2.14. The van der Waals surface area contributed by atoms with Crippen molar-refractivity contribution in [2.75, 3.05) is 6.61 Å². The van der Waals surface area contributed by atoms with E-state index in [1.165, 1.54) is 12.1 Å². The Labute approximate surface area is 134 Å². The summed E-state index contributed by atoms with van der Waals surface area (Å²) in [7, 11) is -3.69. The molecule has 1 aromatic rings. The lowest BCUT2D eigenvalue weighted by molar-refractivity contribution is 0.262. The Morgan fingerprint density at radius 2 is 1.64 bits per heavy atom. The monoisotopic (exact) mass is 330 g/mol. The molecule has 1 rings (SSSR count). The Bertz CT molecular complexity index is 511. The third-order valence-corrected chi connectivity index (χ3v) is 4.91. The number of unbranched alkanes of at least 4 members (excludes halogenated alkanes) is 3. The standard InChI is InChI=1S/C17H27FO3S/c1-3-4-5-8-16(18)9-6-7-14-21-22(19,20)17-12-10-15(2)11-13-17/h10-13,16H,3-9,14H2,1-2H3. The third kappa shape index (κ3) is 7.36. The Kier molecular flexibility index (Phi) is 8.64. The Morgan fingerprint density at radius 3 is 2.23 bits per heavy atom. The molecule has 3 nitrogen and oxygen atoms in total. The maximum atomic E-state index is 13.5. The number of hydrogen-bond donors (Lipinski definition) is 0. The Morgan fingerprint density at radius 1 is 1.05 bits per heavy atom. The summed E-state index contributed by atoms with van der Waals surface area (Å²) in [5.74, 6) is 0. The summed E-state index contributed by atoms with van der Waals surface area (Å²) < 4.78 is 42.4. The van der Waals surface area contributed by atoms with Crippen LogP contribution in [-0.2, 0) is 14.3 Å². The van der Waals surface area contributed by atoms with Crippen molar-refractivity contribution in [3.05, 3.63) is 29.8 Å². The van der Waals surface area contributed by atoms with Gasteiger partial charge in [-0.05, 0) is 44.7 Å². The van der Waals surface area contributed by atoms with Crippen LogP contribution in [0.4, 0.5) is 4.39 Å². The molecule has 126 valence electrons. The van der Waals surface area contributed by atoms with E-state index in [4.69, 9.17) is 4.18 Å². The van der Waals surface area contributed by atoms with Crippen molar-refractivity contribution in [1.82, 2.24) is 0 Å². The van der Waals surface area contributed by atoms with Crippen LogP contribution < -0.4 is 0 Å². The van der Waals surface area contributed by atoms with Gasteiger partial charge < -0.3 is 0 Å². The Balaban J connectivity index is 2.22. The summed E-state index contributed by atoms with van der Waals surface area (Å²) in [6, 6.07) is 6.55. The summed E-state index contributed by atoms with van der Waals surface area (Å²) in [5, 5.41) is 0. The van der Waals surface area contributed by atoms with Crippen LogP contribution in [0.2, 0.25) is 0 Å². The van der Waals surface area contributed by atoms with Gasteiger partial charge in [-0.3, -0.25) is 4.18 Å². The second-order valence-electron chi connectivity index (χ2n) is 5.68. The molecule has 0 bridgehead atoms. The van der Waals surface area contributed by atoms with Crippen LogP contribution in [0.5, 0.6) is 0 Å². The molecule has 0 N–H and O–H groups in total. The van der Waals surface area contributed by atoms with E-state index in [0.29, 0.717) is 25.7 Å². The fraction of sp³-hybridized carbons (Fsp3) is 0.647. The Hall–Kier alpha value is -0.940. The summed E-state index contributed by atoms with van der Waals surface area (Å²) in [4.78, 5) is 0.168. The minimum Gasteiger partial charge on any atom is -0.266 e. The molecule has 0 saturated carbocycles. The summed E-state index contributed by atoms with van der Waals surface area (Å²) >= 11 is 0. The van der Waals surface area contributed by atoms with E-state index in [0.717, 1.165) is 24.8 Å². The molecule has 1 atom stereocenters. The highest BCUT2D eigenvalue weighted by molar-refractivity contribution is 7.86. The lowest BCUT2D eigenvalue weighted by atomic mass is 10.1. The van der Waals surface area contributed by atoms with Crippen LogP contribution in [0.3, 0.4) is 0 Å². The molecule has 0 heterocycles. The van der Waals surface area contributed by atoms with E-state index in [1.54, 1.807) is 12.1 Å². The first-order valence-electron chi connectivity index (χ1n) is 8.06. The van der Waals surface area contributed by atoms with Crippen LogP contribution in [-0.4, -0.2) is 21.2 Å². The number of halogens is 1.